The van der Waals surface area contributed by atoms with E-state index < -0.39 is 18.1 Å². The first kappa shape index (κ1) is 29.8. The molecule has 1 aliphatic heterocycles. The van der Waals surface area contributed by atoms with Gasteiger partial charge >= 0.3 is 0 Å². The highest BCUT2D eigenvalue weighted by Gasteiger charge is 2.38. The number of nitrogens with two attached hydrogens (primary N) is 1. The summed E-state index contributed by atoms with van der Waals surface area (Å²) < 4.78 is 1.09. The lowest BCUT2D eigenvalue weighted by Crippen LogP contribution is -2.55. The second-order valence-corrected chi connectivity index (χ2v) is 10.8. The normalized spacial score (nSPS) is 14.6. The van der Waals surface area contributed by atoms with Crippen LogP contribution in [0.4, 0.5) is 23.3 Å². The summed E-state index contributed by atoms with van der Waals surface area (Å²) in [4.78, 5) is 36.6. The summed E-state index contributed by atoms with van der Waals surface area (Å²) >= 11 is 12.3. The largest absolute Gasteiger partial charge is 0.349 e. The highest BCUT2D eigenvalue weighted by molar-refractivity contribution is 6.31. The third-order valence-electron chi connectivity index (χ3n) is 6.77. The molecule has 1 aliphatic rings. The Morgan fingerprint density at radius 1 is 0.800 bits per heavy atom. The van der Waals surface area contributed by atoms with E-state index in [9.17, 15) is 9.59 Å². The van der Waals surface area contributed by atoms with E-state index in [2.05, 4.69) is 31.0 Å². The van der Waals surface area contributed by atoms with E-state index in [-0.39, 0.29) is 17.9 Å². The number of aryl methyl sites for hydroxylation is 1. The van der Waals surface area contributed by atoms with E-state index in [1.807, 2.05) is 43.3 Å². The molecule has 0 saturated heterocycles. The highest BCUT2D eigenvalue weighted by Crippen LogP contribution is 2.25. The second-order valence-electron chi connectivity index (χ2n) is 9.89. The highest BCUT2D eigenvalue weighted by atomic mass is 35.5. The van der Waals surface area contributed by atoms with Crippen molar-refractivity contribution in [3.05, 3.63) is 130 Å². The lowest BCUT2D eigenvalue weighted by Gasteiger charge is -2.28. The van der Waals surface area contributed by atoms with Crippen LogP contribution in [-0.2, 0) is 0 Å². The number of nitrogens with one attached hydrogen (secondary N) is 3. The number of hydrogen-bond acceptors (Lipinski definition) is 10. The second kappa shape index (κ2) is 12.8. The molecule has 6 rings (SSSR count). The molecular weight excluding hydrogens is 615 g/mol. The Morgan fingerprint density at radius 2 is 1.44 bits per heavy atom. The van der Waals surface area contributed by atoms with Crippen LogP contribution in [0.5, 0.6) is 0 Å². The molecule has 0 fully saturated rings. The minimum atomic E-state index is -0.904. The molecule has 1 atom stereocenters. The Morgan fingerprint density at radius 3 is 2.16 bits per heavy atom. The van der Waals surface area contributed by atoms with Gasteiger partial charge in [-0.3, -0.25) is 14.9 Å². The number of aromatic nitrogens is 3. The van der Waals surface area contributed by atoms with E-state index in [1.54, 1.807) is 66.7 Å². The number of carbonyl (C=O) groups is 2. The number of para-hydroxylation sites is 1. The average Bonchev–Trinajstić information content (AvgIpc) is 3.58. The van der Waals surface area contributed by atoms with Gasteiger partial charge in [-0.15, -0.1) is 10.2 Å². The van der Waals surface area contributed by atoms with Crippen LogP contribution >= 0.6 is 23.2 Å². The van der Waals surface area contributed by atoms with Gasteiger partial charge in [0.1, 0.15) is 0 Å². The number of nitrogens with zero attached hydrogens (tertiary/aromatic N) is 6. The van der Waals surface area contributed by atoms with E-state index >= 15 is 0 Å². The van der Waals surface area contributed by atoms with Crippen molar-refractivity contribution < 1.29 is 9.59 Å². The van der Waals surface area contributed by atoms with Gasteiger partial charge in [0.05, 0.1) is 0 Å². The zero-order chi connectivity index (χ0) is 31.5. The number of amides is 1. The molecule has 1 unspecified atom stereocenters. The number of benzene rings is 4. The topological polar surface area (TPSA) is 146 Å². The van der Waals surface area contributed by atoms with Gasteiger partial charge in [-0.2, -0.15) is 14.7 Å². The van der Waals surface area contributed by atoms with Crippen molar-refractivity contribution in [1.29, 1.82) is 0 Å². The first-order chi connectivity index (χ1) is 21.8. The number of guanidine groups is 1. The van der Waals surface area contributed by atoms with Crippen LogP contribution < -0.4 is 21.8 Å². The van der Waals surface area contributed by atoms with Gasteiger partial charge in [-0.1, -0.05) is 65.7 Å². The number of rotatable bonds is 7. The maximum absolute atomic E-state index is 13.8. The van der Waals surface area contributed by atoms with Gasteiger partial charge in [0.2, 0.25) is 24.1 Å². The Hall–Kier alpha value is -5.27. The lowest BCUT2D eigenvalue weighted by atomic mass is 10.2. The third-order valence-corrected chi connectivity index (χ3v) is 7.26. The number of aliphatic imine (C=N–C) groups is 1. The van der Waals surface area contributed by atoms with Crippen molar-refractivity contribution >= 4 is 64.2 Å². The van der Waals surface area contributed by atoms with E-state index in [1.165, 1.54) is 0 Å². The van der Waals surface area contributed by atoms with Crippen LogP contribution in [0.1, 0.15) is 26.3 Å². The van der Waals surface area contributed by atoms with E-state index in [0.717, 1.165) is 20.4 Å². The number of anilines is 4. The molecule has 14 heteroatoms. The van der Waals surface area contributed by atoms with Gasteiger partial charge in [-0.05, 0) is 73.2 Å². The molecule has 0 spiro atoms. The smallest absolute Gasteiger partial charge is 0.281 e. The number of hydrazine groups is 2. The molecule has 12 nitrogen and oxygen atoms in total. The van der Waals surface area contributed by atoms with Gasteiger partial charge in [0.25, 0.3) is 11.8 Å². The third kappa shape index (κ3) is 6.49. The molecule has 0 bridgehead atoms. The predicted octanol–water partition coefficient (Wildman–Crippen LogP) is 5.74. The molecule has 0 aliphatic carbocycles. The standard InChI is InChI=1S/C31H26Cl2N10O2/c1-19-12-15-23(33)18-25(19)36-28-37-29(41(40-28)26(44)20-8-4-2-5-9-20)38-30-39-31(35-24-10-6-3-7-11-24)43(34)42(30)27(45)21-13-16-22(32)17-14-21/h2-18,31,35H,34H2,1H3,(H2,36,37,38,39,40). The number of carbonyl (C=O) groups excluding carboxylic acids is 2. The van der Waals surface area contributed by atoms with Crippen LogP contribution in [0.3, 0.4) is 0 Å². The molecular formula is C31H26Cl2N10O2. The van der Waals surface area contributed by atoms with Crippen LogP contribution in [0.25, 0.3) is 0 Å². The maximum Gasteiger partial charge on any atom is 0.281 e. The summed E-state index contributed by atoms with van der Waals surface area (Å²) in [5.41, 5.74) is 2.91. The van der Waals surface area contributed by atoms with Crippen molar-refractivity contribution in [2.24, 2.45) is 10.8 Å². The Labute approximate surface area is 268 Å². The minimum Gasteiger partial charge on any atom is -0.349 e. The first-order valence-corrected chi connectivity index (χ1v) is 14.4. The molecule has 0 radical (unpaired) electrons. The first-order valence-electron chi connectivity index (χ1n) is 13.7. The zero-order valence-corrected chi connectivity index (χ0v) is 25.2. The fourth-order valence-electron chi connectivity index (χ4n) is 4.47. The molecule has 226 valence electrons. The molecule has 0 saturated carbocycles. The van der Waals surface area contributed by atoms with Crippen LogP contribution in [0, 0.1) is 6.92 Å². The monoisotopic (exact) mass is 640 g/mol. The molecule has 2 heterocycles. The fourth-order valence-corrected chi connectivity index (χ4v) is 4.77. The van der Waals surface area contributed by atoms with Crippen LogP contribution in [0.15, 0.2) is 108 Å². The van der Waals surface area contributed by atoms with Crippen LogP contribution in [-0.4, -0.2) is 49.0 Å². The summed E-state index contributed by atoms with van der Waals surface area (Å²) in [7, 11) is 0. The molecule has 1 aromatic heterocycles. The van der Waals surface area contributed by atoms with E-state index in [0.29, 0.717) is 32.5 Å². The number of hydrogen-bond donors (Lipinski definition) is 4. The summed E-state index contributed by atoms with van der Waals surface area (Å²) in [6.07, 6.45) is -0.904. The molecule has 4 aromatic carbocycles. The van der Waals surface area contributed by atoms with Gasteiger partial charge in [0.15, 0.2) is 0 Å². The Kier molecular flexibility index (Phi) is 8.45. The molecule has 1 amide bonds. The Balaban J connectivity index is 1.39. The van der Waals surface area contributed by atoms with E-state index in [4.69, 9.17) is 29.0 Å². The Bertz CT molecular complexity index is 1880. The van der Waals surface area contributed by atoms with Crippen molar-refractivity contribution in [2.45, 2.75) is 13.2 Å². The SMILES string of the molecule is Cc1ccc(Cl)cc1Nc1nc(NC2=NC(Nc3ccccc3)N(N)N2C(=O)c2ccc(Cl)cc2)n(C(=O)c2ccccc2)n1. The zero-order valence-electron chi connectivity index (χ0n) is 23.7. The average molecular weight is 642 g/mol. The summed E-state index contributed by atoms with van der Waals surface area (Å²) in [6, 6.07) is 29.5. The maximum atomic E-state index is 13.8. The fraction of sp³-hybridized carbons (Fsp3) is 0.0645. The predicted molar refractivity (Wildman–Crippen MR) is 174 cm³/mol. The van der Waals surface area contributed by atoms with Crippen LogP contribution in [0.2, 0.25) is 10.0 Å². The van der Waals surface area contributed by atoms with Gasteiger partial charge in [-0.25, -0.2) is 10.8 Å². The molecule has 5 aromatic rings. The summed E-state index contributed by atoms with van der Waals surface area (Å²) in [5, 5.41) is 17.0. The minimum absolute atomic E-state index is 0.00845. The van der Waals surface area contributed by atoms with Crippen molar-refractivity contribution in [2.75, 3.05) is 16.0 Å². The van der Waals surface area contributed by atoms with Crippen molar-refractivity contribution in [3.63, 3.8) is 0 Å². The van der Waals surface area contributed by atoms with Gasteiger partial charge in [0, 0.05) is 32.5 Å². The lowest BCUT2D eigenvalue weighted by molar-refractivity contribution is 0.0263. The molecule has 5 N–H and O–H groups in total. The molecule has 45 heavy (non-hydrogen) atoms. The van der Waals surface area contributed by atoms with Gasteiger partial charge < -0.3 is 10.6 Å². The summed E-state index contributed by atoms with van der Waals surface area (Å²) in [5.74, 6) is 5.56. The van der Waals surface area contributed by atoms with Crippen molar-refractivity contribution in [1.82, 2.24) is 24.9 Å². The number of halogens is 2. The quantitative estimate of drug-likeness (QED) is 0.164. The summed E-state index contributed by atoms with van der Waals surface area (Å²) in [6.45, 7) is 1.90. The van der Waals surface area contributed by atoms with Crippen molar-refractivity contribution in [3.8, 4) is 0 Å².